The predicted octanol–water partition coefficient (Wildman–Crippen LogP) is 4.92. The Labute approximate surface area is 161 Å². The number of piperazine rings is 1. The van der Waals surface area contributed by atoms with Gasteiger partial charge < -0.3 is 4.90 Å². The SMILES string of the molecule is Fc1ccc(N2CCN(Cc3csc(-c4ccccc4Cl)n3)CC2)cc1. The third-order valence-electron chi connectivity index (χ3n) is 4.61. The minimum absolute atomic E-state index is 0.190. The number of thiazole rings is 1. The molecular weight excluding hydrogens is 369 g/mol. The number of anilines is 1. The quantitative estimate of drug-likeness (QED) is 0.633. The highest BCUT2D eigenvalue weighted by Gasteiger charge is 2.18. The fourth-order valence-electron chi connectivity index (χ4n) is 3.18. The van der Waals surface area contributed by atoms with Gasteiger partial charge in [-0.15, -0.1) is 11.3 Å². The molecule has 0 saturated carbocycles. The molecule has 3 aromatic rings. The molecule has 0 amide bonds. The molecule has 0 spiro atoms. The van der Waals surface area contributed by atoms with Gasteiger partial charge in [-0.2, -0.15) is 0 Å². The second-order valence-corrected chi connectivity index (χ2v) is 7.63. The Bertz CT molecular complexity index is 873. The van der Waals surface area contributed by atoms with E-state index in [1.165, 1.54) is 12.1 Å². The average Bonchev–Trinajstić information content (AvgIpc) is 3.12. The predicted molar refractivity (Wildman–Crippen MR) is 106 cm³/mol. The maximum Gasteiger partial charge on any atom is 0.125 e. The van der Waals surface area contributed by atoms with Crippen molar-refractivity contribution in [2.24, 2.45) is 0 Å². The van der Waals surface area contributed by atoms with Gasteiger partial charge in [0.2, 0.25) is 0 Å². The summed E-state index contributed by atoms with van der Waals surface area (Å²) in [6.45, 7) is 4.66. The van der Waals surface area contributed by atoms with Gasteiger partial charge in [0.1, 0.15) is 10.8 Å². The van der Waals surface area contributed by atoms with Gasteiger partial charge in [0.25, 0.3) is 0 Å². The fourth-order valence-corrected chi connectivity index (χ4v) is 4.31. The van der Waals surface area contributed by atoms with Crippen molar-refractivity contribution in [1.82, 2.24) is 9.88 Å². The molecule has 1 aliphatic rings. The topological polar surface area (TPSA) is 19.4 Å². The summed E-state index contributed by atoms with van der Waals surface area (Å²) in [7, 11) is 0. The molecule has 1 aromatic heterocycles. The van der Waals surface area contributed by atoms with Crippen LogP contribution in [0.2, 0.25) is 5.02 Å². The van der Waals surface area contributed by atoms with Crippen molar-refractivity contribution >= 4 is 28.6 Å². The number of hydrogen-bond acceptors (Lipinski definition) is 4. The summed E-state index contributed by atoms with van der Waals surface area (Å²) in [5.74, 6) is -0.190. The van der Waals surface area contributed by atoms with Crippen LogP contribution < -0.4 is 4.90 Å². The highest BCUT2D eigenvalue weighted by Crippen LogP contribution is 2.30. The van der Waals surface area contributed by atoms with Gasteiger partial charge in [0.15, 0.2) is 0 Å². The van der Waals surface area contributed by atoms with Gasteiger partial charge in [0, 0.05) is 49.4 Å². The molecule has 2 aromatic carbocycles. The van der Waals surface area contributed by atoms with E-state index in [2.05, 4.69) is 15.2 Å². The summed E-state index contributed by atoms with van der Waals surface area (Å²) in [4.78, 5) is 9.47. The van der Waals surface area contributed by atoms with E-state index in [1.54, 1.807) is 11.3 Å². The van der Waals surface area contributed by atoms with Gasteiger partial charge in [0.05, 0.1) is 10.7 Å². The van der Waals surface area contributed by atoms with Crippen molar-refractivity contribution in [2.45, 2.75) is 6.54 Å². The van der Waals surface area contributed by atoms with Gasteiger partial charge in [-0.1, -0.05) is 29.8 Å². The maximum atomic E-state index is 13.1. The number of aromatic nitrogens is 1. The van der Waals surface area contributed by atoms with Crippen molar-refractivity contribution < 1.29 is 4.39 Å². The Hall–Kier alpha value is -1.95. The summed E-state index contributed by atoms with van der Waals surface area (Å²) in [5, 5.41) is 3.82. The second kappa shape index (κ2) is 7.74. The van der Waals surface area contributed by atoms with Gasteiger partial charge in [-0.3, -0.25) is 4.90 Å². The zero-order valence-corrected chi connectivity index (χ0v) is 15.8. The Morgan fingerprint density at radius 3 is 2.46 bits per heavy atom. The first-order valence-corrected chi connectivity index (χ1v) is 9.87. The Balaban J connectivity index is 1.36. The third-order valence-corrected chi connectivity index (χ3v) is 5.86. The molecule has 26 heavy (non-hydrogen) atoms. The minimum atomic E-state index is -0.190. The van der Waals surface area contributed by atoms with Crippen molar-refractivity contribution in [3.8, 4) is 10.6 Å². The summed E-state index contributed by atoms with van der Waals surface area (Å²) in [6, 6.07) is 14.6. The molecule has 3 nitrogen and oxygen atoms in total. The zero-order valence-electron chi connectivity index (χ0n) is 14.2. The second-order valence-electron chi connectivity index (χ2n) is 6.36. The number of benzene rings is 2. The zero-order chi connectivity index (χ0) is 17.9. The molecule has 2 heterocycles. The summed E-state index contributed by atoms with van der Waals surface area (Å²) >= 11 is 7.91. The minimum Gasteiger partial charge on any atom is -0.369 e. The van der Waals surface area contributed by atoms with E-state index in [4.69, 9.17) is 16.6 Å². The van der Waals surface area contributed by atoms with E-state index in [1.807, 2.05) is 36.4 Å². The van der Waals surface area contributed by atoms with Gasteiger partial charge >= 0.3 is 0 Å². The van der Waals surface area contributed by atoms with E-state index in [0.717, 1.165) is 59.7 Å². The Morgan fingerprint density at radius 1 is 1.00 bits per heavy atom. The van der Waals surface area contributed by atoms with Crippen LogP contribution in [0.4, 0.5) is 10.1 Å². The van der Waals surface area contributed by atoms with Crippen molar-refractivity contribution in [1.29, 1.82) is 0 Å². The molecular formula is C20H19ClFN3S. The van der Waals surface area contributed by atoms with Gasteiger partial charge in [-0.25, -0.2) is 9.37 Å². The van der Waals surface area contributed by atoms with Crippen LogP contribution >= 0.6 is 22.9 Å². The van der Waals surface area contributed by atoms with Crippen LogP contribution in [0, 0.1) is 5.82 Å². The molecule has 4 rings (SSSR count). The number of halogens is 2. The molecule has 0 atom stereocenters. The van der Waals surface area contributed by atoms with E-state index < -0.39 is 0 Å². The normalized spacial score (nSPS) is 15.4. The van der Waals surface area contributed by atoms with Crippen LogP contribution in [-0.4, -0.2) is 36.1 Å². The Kier molecular flexibility index (Phi) is 5.20. The molecule has 1 fully saturated rings. The third kappa shape index (κ3) is 3.90. The lowest BCUT2D eigenvalue weighted by molar-refractivity contribution is 0.247. The molecule has 6 heteroatoms. The summed E-state index contributed by atoms with van der Waals surface area (Å²) in [6.07, 6.45) is 0. The Morgan fingerprint density at radius 2 is 1.73 bits per heavy atom. The molecule has 1 aliphatic heterocycles. The van der Waals surface area contributed by atoms with Crippen LogP contribution in [0.25, 0.3) is 10.6 Å². The van der Waals surface area contributed by atoms with Crippen LogP contribution in [0.15, 0.2) is 53.9 Å². The first kappa shape index (κ1) is 17.5. The van der Waals surface area contributed by atoms with E-state index in [0.29, 0.717) is 0 Å². The first-order chi connectivity index (χ1) is 12.7. The van der Waals surface area contributed by atoms with Crippen molar-refractivity contribution in [3.63, 3.8) is 0 Å². The summed E-state index contributed by atoms with van der Waals surface area (Å²) in [5.41, 5.74) is 3.16. The molecule has 0 radical (unpaired) electrons. The molecule has 0 unspecified atom stereocenters. The van der Waals surface area contributed by atoms with E-state index >= 15 is 0 Å². The number of hydrogen-bond donors (Lipinski definition) is 0. The van der Waals surface area contributed by atoms with Crippen LogP contribution in [0.1, 0.15) is 5.69 Å². The van der Waals surface area contributed by atoms with Crippen molar-refractivity contribution in [3.05, 3.63) is 70.4 Å². The highest BCUT2D eigenvalue weighted by molar-refractivity contribution is 7.13. The number of nitrogens with zero attached hydrogens (tertiary/aromatic N) is 3. The highest BCUT2D eigenvalue weighted by atomic mass is 35.5. The number of rotatable bonds is 4. The molecule has 1 saturated heterocycles. The lowest BCUT2D eigenvalue weighted by Gasteiger charge is -2.35. The van der Waals surface area contributed by atoms with Crippen LogP contribution in [0.5, 0.6) is 0 Å². The standard InChI is InChI=1S/C20H19ClFN3S/c21-19-4-2-1-3-18(19)20-23-16(14-26-20)13-24-9-11-25(12-10-24)17-7-5-15(22)6-8-17/h1-8,14H,9-13H2. The first-order valence-electron chi connectivity index (χ1n) is 8.61. The largest absolute Gasteiger partial charge is 0.369 e. The monoisotopic (exact) mass is 387 g/mol. The molecule has 0 bridgehead atoms. The summed E-state index contributed by atoms with van der Waals surface area (Å²) < 4.78 is 13.1. The lowest BCUT2D eigenvalue weighted by atomic mass is 10.2. The van der Waals surface area contributed by atoms with Crippen molar-refractivity contribution in [2.75, 3.05) is 31.1 Å². The van der Waals surface area contributed by atoms with E-state index in [9.17, 15) is 4.39 Å². The lowest BCUT2D eigenvalue weighted by Crippen LogP contribution is -2.46. The van der Waals surface area contributed by atoms with E-state index in [-0.39, 0.29) is 5.82 Å². The maximum absolute atomic E-state index is 13.1. The molecule has 0 aliphatic carbocycles. The van der Waals surface area contributed by atoms with Crippen LogP contribution in [0.3, 0.4) is 0 Å². The van der Waals surface area contributed by atoms with Crippen LogP contribution in [-0.2, 0) is 6.54 Å². The molecule has 0 N–H and O–H groups in total. The fraction of sp³-hybridized carbons (Fsp3) is 0.250. The van der Waals surface area contributed by atoms with Gasteiger partial charge in [-0.05, 0) is 30.3 Å². The average molecular weight is 388 g/mol. The molecule has 134 valence electrons. The smallest absolute Gasteiger partial charge is 0.125 e.